The number of hydrogen-bond donors (Lipinski definition) is 4. The van der Waals surface area contributed by atoms with E-state index < -0.39 is 15.4 Å². The first-order valence-corrected chi connectivity index (χ1v) is 10.1. The summed E-state index contributed by atoms with van der Waals surface area (Å²) in [6.45, 7) is 0. The number of rotatable bonds is 5. The Labute approximate surface area is 119 Å². The Bertz CT molecular complexity index is 504. The van der Waals surface area contributed by atoms with Gasteiger partial charge in [0.25, 0.3) is 0 Å². The molecular formula is C14H19NO3P2+2. The summed E-state index contributed by atoms with van der Waals surface area (Å²) in [6, 6.07) is 18.7. The van der Waals surface area contributed by atoms with E-state index in [1.165, 1.54) is 0 Å². The molecule has 2 aromatic carbocycles. The van der Waals surface area contributed by atoms with Crippen LogP contribution in [0.3, 0.4) is 0 Å². The first-order chi connectivity index (χ1) is 9.42. The van der Waals surface area contributed by atoms with Crippen LogP contribution in [0.2, 0.25) is 0 Å². The van der Waals surface area contributed by atoms with E-state index in [0.29, 0.717) is 0 Å². The fourth-order valence-electron chi connectivity index (χ4n) is 2.05. The van der Waals surface area contributed by atoms with Gasteiger partial charge in [-0.15, -0.1) is 0 Å². The molecule has 5 N–H and O–H groups in total. The topological polar surface area (TPSA) is 86.7 Å². The van der Waals surface area contributed by atoms with E-state index in [2.05, 4.69) is 0 Å². The molecule has 0 aliphatic heterocycles. The highest BCUT2D eigenvalue weighted by atomic mass is 31.2. The van der Waals surface area contributed by atoms with E-state index in [1.807, 2.05) is 60.7 Å². The molecule has 0 saturated heterocycles. The maximum absolute atomic E-state index is 11.2. The molecule has 2 aromatic rings. The maximum Gasteiger partial charge on any atom is 0.341 e. The second kappa shape index (κ2) is 6.28. The molecular weight excluding hydrogens is 292 g/mol. The number of benzene rings is 2. The van der Waals surface area contributed by atoms with Crippen LogP contribution < -0.4 is 16.1 Å². The lowest BCUT2D eigenvalue weighted by molar-refractivity contribution is 0.452. The summed E-state index contributed by atoms with van der Waals surface area (Å²) in [4.78, 5) is 30.0. The third-order valence-corrected chi connectivity index (χ3v) is 7.53. The molecule has 0 radical (unpaired) electrons. The summed E-state index contributed by atoms with van der Waals surface area (Å²) in [5, 5.41) is 1.64. The van der Waals surface area contributed by atoms with Crippen LogP contribution >= 0.6 is 15.4 Å². The first kappa shape index (κ1) is 15.5. The van der Waals surface area contributed by atoms with Crippen LogP contribution in [-0.4, -0.2) is 27.0 Å². The van der Waals surface area contributed by atoms with Crippen molar-refractivity contribution in [2.45, 2.75) is 0 Å². The van der Waals surface area contributed by atoms with Gasteiger partial charge in [0.1, 0.15) is 16.8 Å². The fourth-order valence-corrected chi connectivity index (χ4v) is 6.53. The van der Waals surface area contributed by atoms with Crippen molar-refractivity contribution in [1.29, 1.82) is 0 Å². The van der Waals surface area contributed by atoms with Crippen LogP contribution in [0.25, 0.3) is 0 Å². The molecule has 0 spiro atoms. The van der Waals surface area contributed by atoms with Gasteiger partial charge in [-0.05, 0) is 24.3 Å². The second-order valence-corrected chi connectivity index (χ2v) is 9.71. The van der Waals surface area contributed by atoms with Gasteiger partial charge in [0.2, 0.25) is 7.49 Å². The zero-order valence-electron chi connectivity index (χ0n) is 11.0. The third-order valence-electron chi connectivity index (χ3n) is 3.12. The highest BCUT2D eigenvalue weighted by Crippen LogP contribution is 2.55. The van der Waals surface area contributed by atoms with Crippen LogP contribution in [0.1, 0.15) is 0 Å². The van der Waals surface area contributed by atoms with Crippen molar-refractivity contribution in [2.75, 3.05) is 12.3 Å². The zero-order valence-corrected chi connectivity index (χ0v) is 12.8. The Balaban J connectivity index is 2.39. The fraction of sp³-hybridized carbons (Fsp3) is 0.143. The number of nitrogens with two attached hydrogens (primary N) is 1. The molecule has 0 heterocycles. The average Bonchev–Trinajstić information content (AvgIpc) is 2.46. The van der Waals surface area contributed by atoms with E-state index in [0.717, 1.165) is 10.6 Å². The van der Waals surface area contributed by atoms with E-state index in [-0.39, 0.29) is 12.3 Å². The first-order valence-electron chi connectivity index (χ1n) is 6.26. The molecule has 0 aromatic heterocycles. The maximum atomic E-state index is 11.2. The van der Waals surface area contributed by atoms with Crippen molar-refractivity contribution in [3.8, 4) is 0 Å². The minimum Gasteiger partial charge on any atom is -0.241 e. The van der Waals surface area contributed by atoms with E-state index in [1.54, 1.807) is 0 Å². The van der Waals surface area contributed by atoms with Gasteiger partial charge in [-0.2, -0.15) is 5.50 Å². The Morgan fingerprint density at radius 3 is 1.45 bits per heavy atom. The minimum atomic E-state index is -3.39. The Kier molecular flexibility index (Phi) is 4.87. The molecule has 0 unspecified atom stereocenters. The Morgan fingerprint density at radius 1 is 0.700 bits per heavy atom. The van der Waals surface area contributed by atoms with Gasteiger partial charge < -0.3 is 0 Å². The summed E-state index contributed by atoms with van der Waals surface area (Å²) < 4.78 is 0. The molecule has 106 valence electrons. The van der Waals surface area contributed by atoms with Crippen molar-refractivity contribution >= 4 is 26.0 Å². The normalized spacial score (nSPS) is 12.4. The van der Waals surface area contributed by atoms with Crippen LogP contribution in [0.4, 0.5) is 0 Å². The molecule has 0 saturated carbocycles. The summed E-state index contributed by atoms with van der Waals surface area (Å²) in [7, 11) is -6.03. The molecule has 6 heteroatoms. The van der Waals surface area contributed by atoms with E-state index in [9.17, 15) is 14.7 Å². The van der Waals surface area contributed by atoms with Gasteiger partial charge in [0, 0.05) is 0 Å². The van der Waals surface area contributed by atoms with Crippen LogP contribution in [0.15, 0.2) is 60.7 Å². The molecule has 0 fully saturated rings. The third kappa shape index (κ3) is 3.83. The quantitative estimate of drug-likeness (QED) is 0.626. The molecule has 2 rings (SSSR count). The Hall–Kier alpha value is -0.860. The van der Waals surface area contributed by atoms with Crippen molar-refractivity contribution in [2.24, 2.45) is 5.50 Å². The molecule has 0 aliphatic rings. The van der Waals surface area contributed by atoms with Crippen LogP contribution in [0, 0.1) is 0 Å². The SMILES string of the molecule is N[P+](O)(O)CC[P+](O)(c1ccccc1)c1ccccc1. The molecule has 0 aliphatic carbocycles. The van der Waals surface area contributed by atoms with E-state index >= 15 is 0 Å². The monoisotopic (exact) mass is 311 g/mol. The largest absolute Gasteiger partial charge is 0.341 e. The summed E-state index contributed by atoms with van der Waals surface area (Å²) in [6.07, 6.45) is 0.277. The second-order valence-electron chi connectivity index (χ2n) is 4.67. The lowest BCUT2D eigenvalue weighted by atomic mass is 10.4. The standard InChI is InChI=1S/C14H19NO3P2/c15-20(17,18)12-11-19(16,13-7-3-1-4-8-13)14-9-5-2-6-10-14/h1-10,16-18H,11-12,15H2/q+2. The van der Waals surface area contributed by atoms with Crippen molar-refractivity contribution in [3.05, 3.63) is 60.7 Å². The predicted octanol–water partition coefficient (Wildman–Crippen LogP) is 1.27. The molecule has 0 atom stereocenters. The van der Waals surface area contributed by atoms with Crippen molar-refractivity contribution in [1.82, 2.24) is 0 Å². The zero-order chi connectivity index (χ0) is 14.6. The predicted molar refractivity (Wildman–Crippen MR) is 86.6 cm³/mol. The van der Waals surface area contributed by atoms with Gasteiger partial charge in [-0.25, -0.2) is 14.7 Å². The summed E-state index contributed by atoms with van der Waals surface area (Å²) in [5.74, 6) is 0. The summed E-state index contributed by atoms with van der Waals surface area (Å²) >= 11 is 0. The molecule has 4 nitrogen and oxygen atoms in total. The van der Waals surface area contributed by atoms with Gasteiger partial charge in [0.15, 0.2) is 6.16 Å². The van der Waals surface area contributed by atoms with Gasteiger partial charge in [-0.1, -0.05) is 36.4 Å². The van der Waals surface area contributed by atoms with Gasteiger partial charge >= 0.3 is 7.87 Å². The molecule has 20 heavy (non-hydrogen) atoms. The van der Waals surface area contributed by atoms with Crippen molar-refractivity contribution < 1.29 is 14.7 Å². The van der Waals surface area contributed by atoms with E-state index in [4.69, 9.17) is 5.50 Å². The molecule has 0 amide bonds. The van der Waals surface area contributed by atoms with Crippen molar-refractivity contribution in [3.63, 3.8) is 0 Å². The van der Waals surface area contributed by atoms with Gasteiger partial charge in [0.05, 0.1) is 0 Å². The average molecular weight is 311 g/mol. The van der Waals surface area contributed by atoms with Crippen LogP contribution in [-0.2, 0) is 0 Å². The smallest absolute Gasteiger partial charge is 0.241 e. The lowest BCUT2D eigenvalue weighted by Gasteiger charge is -2.20. The Morgan fingerprint density at radius 2 is 1.10 bits per heavy atom. The van der Waals surface area contributed by atoms with Crippen LogP contribution in [0.5, 0.6) is 0 Å². The number of hydrogen-bond acceptors (Lipinski definition) is 4. The highest BCUT2D eigenvalue weighted by Gasteiger charge is 2.45. The minimum absolute atomic E-state index is 0.0149. The highest BCUT2D eigenvalue weighted by molar-refractivity contribution is 7.85. The molecule has 0 bridgehead atoms. The summed E-state index contributed by atoms with van der Waals surface area (Å²) in [5.41, 5.74) is 5.33. The lowest BCUT2D eigenvalue weighted by Crippen LogP contribution is -2.27. The van der Waals surface area contributed by atoms with Gasteiger partial charge in [-0.3, -0.25) is 0 Å².